The fraction of sp³-hybridized carbons (Fsp3) is 0.286. The average Bonchev–Trinajstić information content (AvgIpc) is 2.40. The molecule has 1 atom stereocenters. The number of aromatic nitrogens is 2. The van der Waals surface area contributed by atoms with E-state index < -0.39 is 0 Å². The van der Waals surface area contributed by atoms with Crippen molar-refractivity contribution in [3.63, 3.8) is 0 Å². The zero-order valence-corrected chi connectivity index (χ0v) is 10.0. The third kappa shape index (κ3) is 3.11. The topological polar surface area (TPSA) is 51.8 Å². The normalized spacial score (nSPS) is 12.4. The minimum atomic E-state index is 0.175. The maximum atomic E-state index is 5.93. The molecule has 0 bridgehead atoms. The molecule has 88 valence electrons. The third-order valence-electron chi connectivity index (χ3n) is 2.74. The molecule has 0 amide bonds. The highest BCUT2D eigenvalue weighted by atomic mass is 14.9. The van der Waals surface area contributed by atoms with E-state index in [9.17, 15) is 0 Å². The molecule has 0 spiro atoms. The van der Waals surface area contributed by atoms with Gasteiger partial charge in [0.1, 0.15) is 0 Å². The van der Waals surface area contributed by atoms with Gasteiger partial charge in [-0.15, -0.1) is 0 Å². The minimum absolute atomic E-state index is 0.175. The second-order valence-electron chi connectivity index (χ2n) is 4.11. The van der Waals surface area contributed by atoms with Gasteiger partial charge in [-0.25, -0.2) is 9.97 Å². The highest BCUT2D eigenvalue weighted by Gasteiger charge is 2.05. The molecule has 0 fully saturated rings. The first kappa shape index (κ1) is 11.7. The molecule has 2 rings (SSSR count). The largest absolute Gasteiger partial charge is 0.327 e. The number of nitrogens with zero attached hydrogens (tertiary/aromatic N) is 2. The quantitative estimate of drug-likeness (QED) is 0.872. The van der Waals surface area contributed by atoms with E-state index in [1.54, 1.807) is 6.20 Å². The molecule has 2 aromatic rings. The first-order valence-electron chi connectivity index (χ1n) is 5.92. The first-order valence-corrected chi connectivity index (χ1v) is 5.92. The smallest absolute Gasteiger partial charge is 0.159 e. The average molecular weight is 227 g/mol. The first-order chi connectivity index (χ1) is 8.29. The van der Waals surface area contributed by atoms with Crippen LogP contribution in [0.1, 0.15) is 19.0 Å². The summed E-state index contributed by atoms with van der Waals surface area (Å²) in [6.07, 6.45) is 3.57. The van der Waals surface area contributed by atoms with Gasteiger partial charge in [-0.05, 0) is 12.5 Å². The summed E-state index contributed by atoms with van der Waals surface area (Å²) < 4.78 is 0. The highest BCUT2D eigenvalue weighted by Crippen LogP contribution is 2.14. The van der Waals surface area contributed by atoms with E-state index in [1.165, 1.54) is 0 Å². The van der Waals surface area contributed by atoms with E-state index in [0.29, 0.717) is 0 Å². The SMILES string of the molecule is CCC(N)Cc1ccnc(-c2ccccc2)n1. The van der Waals surface area contributed by atoms with Crippen LogP contribution in [0.15, 0.2) is 42.6 Å². The molecule has 1 aromatic heterocycles. The van der Waals surface area contributed by atoms with E-state index in [4.69, 9.17) is 5.73 Å². The fourth-order valence-corrected chi connectivity index (χ4v) is 1.65. The Hall–Kier alpha value is -1.74. The van der Waals surface area contributed by atoms with E-state index in [0.717, 1.165) is 29.9 Å². The molecule has 3 nitrogen and oxygen atoms in total. The molecule has 2 N–H and O–H groups in total. The zero-order valence-electron chi connectivity index (χ0n) is 10.0. The summed E-state index contributed by atoms with van der Waals surface area (Å²) in [6.45, 7) is 2.09. The van der Waals surface area contributed by atoms with Crippen molar-refractivity contribution in [2.24, 2.45) is 5.73 Å². The van der Waals surface area contributed by atoms with Gasteiger partial charge in [-0.2, -0.15) is 0 Å². The van der Waals surface area contributed by atoms with Gasteiger partial charge in [0.15, 0.2) is 5.82 Å². The van der Waals surface area contributed by atoms with Crippen LogP contribution < -0.4 is 5.73 Å². The summed E-state index contributed by atoms with van der Waals surface area (Å²) in [4.78, 5) is 8.83. The molecule has 1 aromatic carbocycles. The number of benzene rings is 1. The molecular formula is C14H17N3. The maximum absolute atomic E-state index is 5.93. The Kier molecular flexibility index (Phi) is 3.83. The summed E-state index contributed by atoms with van der Waals surface area (Å²) in [5.41, 5.74) is 7.98. The van der Waals surface area contributed by atoms with Crippen molar-refractivity contribution in [2.75, 3.05) is 0 Å². The van der Waals surface area contributed by atoms with Crippen LogP contribution in [-0.4, -0.2) is 16.0 Å². The molecule has 0 radical (unpaired) electrons. The van der Waals surface area contributed by atoms with Crippen molar-refractivity contribution in [1.82, 2.24) is 9.97 Å². The predicted molar refractivity (Wildman–Crippen MR) is 69.4 cm³/mol. The molecule has 17 heavy (non-hydrogen) atoms. The predicted octanol–water partition coefficient (Wildman–Crippen LogP) is 2.42. The molecule has 0 aliphatic carbocycles. The van der Waals surface area contributed by atoms with Crippen LogP contribution in [0.25, 0.3) is 11.4 Å². The van der Waals surface area contributed by atoms with Gasteiger partial charge in [-0.1, -0.05) is 37.3 Å². The Bertz CT molecular complexity index is 468. The highest BCUT2D eigenvalue weighted by molar-refractivity contribution is 5.54. The number of hydrogen-bond acceptors (Lipinski definition) is 3. The standard InChI is InChI=1S/C14H17N3/c1-2-12(15)10-13-8-9-16-14(17-13)11-6-4-3-5-7-11/h3-9,12H,2,10,15H2,1H3. The Morgan fingerprint density at radius 2 is 1.94 bits per heavy atom. The zero-order chi connectivity index (χ0) is 12.1. The number of nitrogens with two attached hydrogens (primary N) is 1. The van der Waals surface area contributed by atoms with Gasteiger partial charge < -0.3 is 5.73 Å². The monoisotopic (exact) mass is 227 g/mol. The van der Waals surface area contributed by atoms with Crippen molar-refractivity contribution in [2.45, 2.75) is 25.8 Å². The van der Waals surface area contributed by atoms with Crippen LogP contribution >= 0.6 is 0 Å². The lowest BCUT2D eigenvalue weighted by atomic mass is 10.1. The molecule has 3 heteroatoms. The van der Waals surface area contributed by atoms with E-state index in [2.05, 4.69) is 16.9 Å². The van der Waals surface area contributed by atoms with Gasteiger partial charge in [0.2, 0.25) is 0 Å². The van der Waals surface area contributed by atoms with Crippen LogP contribution in [-0.2, 0) is 6.42 Å². The van der Waals surface area contributed by atoms with Crippen LogP contribution in [0.3, 0.4) is 0 Å². The van der Waals surface area contributed by atoms with Crippen molar-refractivity contribution in [3.05, 3.63) is 48.3 Å². The van der Waals surface area contributed by atoms with E-state index in [1.807, 2.05) is 36.4 Å². The van der Waals surface area contributed by atoms with Gasteiger partial charge >= 0.3 is 0 Å². The van der Waals surface area contributed by atoms with Crippen LogP contribution in [0, 0.1) is 0 Å². The van der Waals surface area contributed by atoms with Gasteiger partial charge in [-0.3, -0.25) is 0 Å². The lowest BCUT2D eigenvalue weighted by molar-refractivity contribution is 0.636. The molecule has 1 unspecified atom stereocenters. The minimum Gasteiger partial charge on any atom is -0.327 e. The van der Waals surface area contributed by atoms with E-state index >= 15 is 0 Å². The van der Waals surface area contributed by atoms with Crippen LogP contribution in [0.2, 0.25) is 0 Å². The molecular weight excluding hydrogens is 210 g/mol. The molecule has 0 aliphatic heterocycles. The van der Waals surface area contributed by atoms with Crippen LogP contribution in [0.5, 0.6) is 0 Å². The van der Waals surface area contributed by atoms with E-state index in [-0.39, 0.29) is 6.04 Å². The molecule has 0 aliphatic rings. The number of hydrogen-bond donors (Lipinski definition) is 1. The Labute approximate surface area is 102 Å². The fourth-order valence-electron chi connectivity index (χ4n) is 1.65. The van der Waals surface area contributed by atoms with Crippen molar-refractivity contribution < 1.29 is 0 Å². The van der Waals surface area contributed by atoms with Crippen molar-refractivity contribution in [1.29, 1.82) is 0 Å². The summed E-state index contributed by atoms with van der Waals surface area (Å²) in [5, 5.41) is 0. The summed E-state index contributed by atoms with van der Waals surface area (Å²) >= 11 is 0. The second kappa shape index (κ2) is 5.55. The molecule has 0 saturated heterocycles. The van der Waals surface area contributed by atoms with Gasteiger partial charge in [0.05, 0.1) is 0 Å². The van der Waals surface area contributed by atoms with Crippen molar-refractivity contribution in [3.8, 4) is 11.4 Å². The Morgan fingerprint density at radius 3 is 2.65 bits per heavy atom. The third-order valence-corrected chi connectivity index (χ3v) is 2.74. The van der Waals surface area contributed by atoms with Gasteiger partial charge in [0.25, 0.3) is 0 Å². The van der Waals surface area contributed by atoms with Crippen molar-refractivity contribution >= 4 is 0 Å². The lowest BCUT2D eigenvalue weighted by Gasteiger charge is -2.08. The number of rotatable bonds is 4. The summed E-state index contributed by atoms with van der Waals surface area (Å²) in [6, 6.07) is 12.1. The maximum Gasteiger partial charge on any atom is 0.159 e. The lowest BCUT2D eigenvalue weighted by Crippen LogP contribution is -2.22. The summed E-state index contributed by atoms with van der Waals surface area (Å²) in [7, 11) is 0. The second-order valence-corrected chi connectivity index (χ2v) is 4.11. The Morgan fingerprint density at radius 1 is 1.18 bits per heavy atom. The Balaban J connectivity index is 2.23. The van der Waals surface area contributed by atoms with Gasteiger partial charge in [0, 0.05) is 29.9 Å². The summed E-state index contributed by atoms with van der Waals surface area (Å²) in [5.74, 6) is 0.770. The van der Waals surface area contributed by atoms with Crippen LogP contribution in [0.4, 0.5) is 0 Å². The molecule has 1 heterocycles. The molecule has 0 saturated carbocycles.